The quantitative estimate of drug-likeness (QED) is 0.557. The van der Waals surface area contributed by atoms with Crippen LogP contribution in [0.3, 0.4) is 0 Å². The first kappa shape index (κ1) is 13.1. The molecule has 21 heavy (non-hydrogen) atoms. The van der Waals surface area contributed by atoms with Crippen LogP contribution < -0.4 is 5.43 Å². The third-order valence-corrected chi connectivity index (χ3v) is 3.00. The molecule has 0 radical (unpaired) electrons. The molecule has 106 valence electrons. The van der Waals surface area contributed by atoms with Crippen LogP contribution in [0.2, 0.25) is 0 Å². The summed E-state index contributed by atoms with van der Waals surface area (Å²) in [5.41, 5.74) is 5.60. The highest BCUT2D eigenvalue weighted by Crippen LogP contribution is 2.10. The maximum absolute atomic E-state index is 5.14. The molecule has 0 atom stereocenters. The van der Waals surface area contributed by atoms with Gasteiger partial charge in [-0.25, -0.2) is 4.68 Å². The molecule has 6 nitrogen and oxygen atoms in total. The molecule has 2 aromatic heterocycles. The van der Waals surface area contributed by atoms with Gasteiger partial charge in [0.2, 0.25) is 0 Å². The highest BCUT2D eigenvalue weighted by atomic mass is 16.3. The number of furan rings is 1. The molecule has 0 unspecified atom stereocenters. The summed E-state index contributed by atoms with van der Waals surface area (Å²) in [5.74, 6) is 0.692. The summed E-state index contributed by atoms with van der Waals surface area (Å²) < 4.78 is 7.00. The number of nitrogens with one attached hydrogen (secondary N) is 1. The molecule has 0 amide bonds. The Morgan fingerprint density at radius 3 is 3.10 bits per heavy atom. The van der Waals surface area contributed by atoms with Crippen molar-refractivity contribution < 1.29 is 4.42 Å². The van der Waals surface area contributed by atoms with E-state index in [1.807, 2.05) is 41.1 Å². The normalized spacial score (nSPS) is 11.2. The van der Waals surface area contributed by atoms with Crippen LogP contribution in [0.1, 0.15) is 12.2 Å². The van der Waals surface area contributed by atoms with E-state index in [4.69, 9.17) is 4.42 Å². The summed E-state index contributed by atoms with van der Waals surface area (Å²) in [4.78, 5) is 0. The van der Waals surface area contributed by atoms with Crippen LogP contribution in [0.25, 0.3) is 11.0 Å². The Bertz CT molecular complexity index is 757. The van der Waals surface area contributed by atoms with Gasteiger partial charge in [0.1, 0.15) is 11.3 Å². The minimum Gasteiger partial charge on any atom is -0.463 e. The minimum atomic E-state index is 0.692. The van der Waals surface area contributed by atoms with Crippen LogP contribution in [-0.4, -0.2) is 21.2 Å². The molecule has 0 spiro atoms. The topological polar surface area (TPSA) is 68.2 Å². The van der Waals surface area contributed by atoms with Gasteiger partial charge in [-0.1, -0.05) is 23.9 Å². The van der Waals surface area contributed by atoms with Crippen molar-refractivity contribution in [1.82, 2.24) is 20.4 Å². The number of hydrazone groups is 1. The second-order valence-corrected chi connectivity index (χ2v) is 4.54. The molecule has 0 saturated carbocycles. The highest BCUT2D eigenvalue weighted by Gasteiger charge is 2.03. The lowest BCUT2D eigenvalue weighted by Gasteiger charge is -2.05. The molecule has 0 bridgehead atoms. The Hall–Kier alpha value is -2.89. The molecule has 3 rings (SSSR count). The maximum Gasteiger partial charge on any atom is 0.146 e. The number of rotatable bonds is 6. The minimum absolute atomic E-state index is 0.692. The number of aromatic nitrogens is 3. The van der Waals surface area contributed by atoms with Crippen LogP contribution in [-0.2, 0) is 6.54 Å². The van der Waals surface area contributed by atoms with E-state index in [2.05, 4.69) is 27.4 Å². The molecule has 0 aliphatic carbocycles. The average molecular weight is 281 g/mol. The number of fused-ring (bicyclic) bond motifs is 1. The van der Waals surface area contributed by atoms with Gasteiger partial charge in [0.15, 0.2) is 0 Å². The number of aryl methyl sites for hydroxylation is 1. The smallest absolute Gasteiger partial charge is 0.146 e. The van der Waals surface area contributed by atoms with E-state index < -0.39 is 0 Å². The zero-order valence-corrected chi connectivity index (χ0v) is 11.4. The lowest BCUT2D eigenvalue weighted by molar-refractivity contribution is 0.559. The number of nitrogens with zero attached hydrogens (tertiary/aromatic N) is 4. The van der Waals surface area contributed by atoms with Gasteiger partial charge < -0.3 is 4.42 Å². The average Bonchev–Trinajstić information content (AvgIpc) is 3.14. The number of para-hydroxylation sites is 1. The maximum atomic E-state index is 5.14. The van der Waals surface area contributed by atoms with E-state index in [0.29, 0.717) is 18.7 Å². The lowest BCUT2D eigenvalue weighted by Crippen LogP contribution is -2.09. The van der Waals surface area contributed by atoms with Gasteiger partial charge in [-0.2, -0.15) is 5.10 Å². The Balaban J connectivity index is 1.54. The first-order valence-corrected chi connectivity index (χ1v) is 6.61. The number of hydrogen-bond acceptors (Lipinski definition) is 5. The van der Waals surface area contributed by atoms with Crippen molar-refractivity contribution in [2.24, 2.45) is 5.10 Å². The van der Waals surface area contributed by atoms with Crippen molar-refractivity contribution >= 4 is 17.2 Å². The van der Waals surface area contributed by atoms with Crippen molar-refractivity contribution in [2.45, 2.75) is 13.0 Å². The molecule has 2 heterocycles. The summed E-state index contributed by atoms with van der Waals surface area (Å²) in [5, 5.41) is 12.3. The molecule has 1 N–H and O–H groups in total. The molecule has 0 aliphatic rings. The molecule has 0 saturated heterocycles. The van der Waals surface area contributed by atoms with Crippen molar-refractivity contribution in [3.63, 3.8) is 0 Å². The van der Waals surface area contributed by atoms with Crippen molar-refractivity contribution in [3.05, 3.63) is 60.7 Å². The summed E-state index contributed by atoms with van der Waals surface area (Å²) in [7, 11) is 0. The molecule has 1 aromatic carbocycles. The van der Waals surface area contributed by atoms with Crippen molar-refractivity contribution in [3.8, 4) is 0 Å². The van der Waals surface area contributed by atoms with Crippen LogP contribution in [0, 0.1) is 0 Å². The zero-order valence-electron chi connectivity index (χ0n) is 11.4. The summed E-state index contributed by atoms with van der Waals surface area (Å²) >= 11 is 0. The predicted molar refractivity (Wildman–Crippen MR) is 80.7 cm³/mol. The van der Waals surface area contributed by atoms with Crippen LogP contribution >= 0.6 is 0 Å². The third-order valence-electron chi connectivity index (χ3n) is 3.00. The van der Waals surface area contributed by atoms with E-state index in [1.54, 1.807) is 12.5 Å². The second-order valence-electron chi connectivity index (χ2n) is 4.54. The van der Waals surface area contributed by atoms with E-state index in [9.17, 15) is 0 Å². The van der Waals surface area contributed by atoms with Gasteiger partial charge in [-0.3, -0.25) is 5.43 Å². The number of benzene rings is 1. The van der Waals surface area contributed by atoms with Crippen LogP contribution in [0.5, 0.6) is 0 Å². The Labute approximate surface area is 121 Å². The molecule has 0 fully saturated rings. The van der Waals surface area contributed by atoms with Crippen LogP contribution in [0.15, 0.2) is 64.5 Å². The third kappa shape index (κ3) is 3.17. The van der Waals surface area contributed by atoms with E-state index in [0.717, 1.165) is 16.7 Å². The molecule has 6 heteroatoms. The fourth-order valence-corrected chi connectivity index (χ4v) is 1.93. The monoisotopic (exact) mass is 281 g/mol. The first-order chi connectivity index (χ1) is 10.3. The molecule has 0 aliphatic heterocycles. The standard InChI is InChI=1S/C15H15N5O/c1-12(17-16-11-13-5-4-10-21-13)8-9-20-15-7-3-2-6-14(15)18-19-20/h2-7,10-11,17H,1,8-9H2/b16-11+. The second kappa shape index (κ2) is 6.04. The fraction of sp³-hybridized carbons (Fsp3) is 0.133. The van der Waals surface area contributed by atoms with Gasteiger partial charge >= 0.3 is 0 Å². The SMILES string of the molecule is C=C(CCn1nnc2ccccc21)N/N=C/c1ccco1. The van der Waals surface area contributed by atoms with Gasteiger partial charge in [-0.15, -0.1) is 5.10 Å². The van der Waals surface area contributed by atoms with E-state index in [1.165, 1.54) is 0 Å². The lowest BCUT2D eigenvalue weighted by atomic mass is 10.3. The predicted octanol–water partition coefficient (Wildman–Crippen LogP) is 2.55. The summed E-state index contributed by atoms with van der Waals surface area (Å²) in [6, 6.07) is 11.5. The number of allylic oxidation sites excluding steroid dienone is 1. The largest absolute Gasteiger partial charge is 0.463 e. The Kier molecular flexibility index (Phi) is 3.77. The van der Waals surface area contributed by atoms with E-state index in [-0.39, 0.29) is 0 Å². The van der Waals surface area contributed by atoms with Gasteiger partial charge in [0.25, 0.3) is 0 Å². The van der Waals surface area contributed by atoms with Gasteiger partial charge in [0.05, 0.1) is 18.0 Å². The number of hydrogen-bond donors (Lipinski definition) is 1. The van der Waals surface area contributed by atoms with Crippen molar-refractivity contribution in [1.29, 1.82) is 0 Å². The summed E-state index contributed by atoms with van der Waals surface area (Å²) in [6.45, 7) is 4.63. The molecular formula is C15H15N5O. The molecular weight excluding hydrogens is 266 g/mol. The molecule has 3 aromatic rings. The first-order valence-electron chi connectivity index (χ1n) is 6.61. The van der Waals surface area contributed by atoms with Gasteiger partial charge in [-0.05, 0) is 24.3 Å². The zero-order chi connectivity index (χ0) is 14.5. The highest BCUT2D eigenvalue weighted by molar-refractivity contribution is 5.75. The van der Waals surface area contributed by atoms with E-state index >= 15 is 0 Å². The van der Waals surface area contributed by atoms with Crippen molar-refractivity contribution in [2.75, 3.05) is 0 Å². The van der Waals surface area contributed by atoms with Crippen LogP contribution in [0.4, 0.5) is 0 Å². The van der Waals surface area contributed by atoms with Gasteiger partial charge in [0, 0.05) is 18.7 Å². The fourth-order valence-electron chi connectivity index (χ4n) is 1.93. The summed E-state index contributed by atoms with van der Waals surface area (Å²) in [6.07, 6.45) is 3.92. The Morgan fingerprint density at radius 2 is 2.24 bits per heavy atom. The Morgan fingerprint density at radius 1 is 1.33 bits per heavy atom.